The quantitative estimate of drug-likeness (QED) is 0.367. The maximum absolute atomic E-state index is 14.1. The number of aliphatic hydroxyl groups excluding tert-OH is 1. The Kier molecular flexibility index (Phi) is 8.84. The summed E-state index contributed by atoms with van der Waals surface area (Å²) in [5, 5.41) is 13.4. The van der Waals surface area contributed by atoms with E-state index in [1.54, 1.807) is 38.3 Å². The van der Waals surface area contributed by atoms with Crippen LogP contribution in [0.25, 0.3) is 0 Å². The van der Waals surface area contributed by atoms with E-state index in [0.29, 0.717) is 24.3 Å². The maximum atomic E-state index is 14.1. The molecule has 202 valence electrons. The number of nitrogens with one attached hydrogen (secondary N) is 1. The monoisotopic (exact) mass is 520 g/mol. The minimum absolute atomic E-state index is 0.175. The fourth-order valence-corrected chi connectivity index (χ4v) is 5.82. The molecule has 8 nitrogen and oxygen atoms in total. The lowest BCUT2D eigenvalue weighted by molar-refractivity contribution is -0.156. The SMILES string of the molecule is CCOC(=O)[C@H]1[C@H]2C(=O)N([C@@H](CO)Cc3ccccc3)[C@H](C(=O)Nc3ccc(OC)cc3)[C@H]2C=C[C@H]1CC. The van der Waals surface area contributed by atoms with E-state index in [2.05, 4.69) is 5.32 Å². The molecule has 2 aromatic rings. The van der Waals surface area contributed by atoms with Crippen molar-refractivity contribution in [3.63, 3.8) is 0 Å². The summed E-state index contributed by atoms with van der Waals surface area (Å²) in [4.78, 5) is 42.6. The van der Waals surface area contributed by atoms with Gasteiger partial charge in [0.1, 0.15) is 11.8 Å². The third kappa shape index (κ3) is 5.45. The maximum Gasteiger partial charge on any atom is 0.310 e. The summed E-state index contributed by atoms with van der Waals surface area (Å²) in [5.41, 5.74) is 1.50. The van der Waals surface area contributed by atoms with Crippen LogP contribution in [0.15, 0.2) is 66.7 Å². The van der Waals surface area contributed by atoms with Crippen LogP contribution >= 0.6 is 0 Å². The van der Waals surface area contributed by atoms with E-state index >= 15 is 0 Å². The molecule has 1 aliphatic carbocycles. The lowest BCUT2D eigenvalue weighted by Crippen LogP contribution is -2.51. The predicted octanol–water partition coefficient (Wildman–Crippen LogP) is 3.46. The molecule has 0 aromatic heterocycles. The third-order valence-corrected chi connectivity index (χ3v) is 7.62. The van der Waals surface area contributed by atoms with Gasteiger partial charge in [-0.05, 0) is 55.5 Å². The second kappa shape index (κ2) is 12.3. The van der Waals surface area contributed by atoms with Gasteiger partial charge in [-0.1, -0.05) is 49.4 Å². The van der Waals surface area contributed by atoms with Crippen molar-refractivity contribution in [2.24, 2.45) is 23.7 Å². The number of carbonyl (C=O) groups excluding carboxylic acids is 3. The molecule has 38 heavy (non-hydrogen) atoms. The number of aliphatic hydroxyl groups is 1. The molecule has 0 radical (unpaired) electrons. The number of methoxy groups -OCH3 is 1. The van der Waals surface area contributed by atoms with Gasteiger partial charge in [-0.25, -0.2) is 0 Å². The Hall–Kier alpha value is -3.65. The topological polar surface area (TPSA) is 105 Å². The molecule has 2 aromatic carbocycles. The van der Waals surface area contributed by atoms with Crippen LogP contribution in [0.2, 0.25) is 0 Å². The number of anilines is 1. The molecule has 0 spiro atoms. The molecule has 0 saturated carbocycles. The van der Waals surface area contributed by atoms with Crippen LogP contribution in [-0.2, 0) is 25.5 Å². The first kappa shape index (κ1) is 27.4. The van der Waals surface area contributed by atoms with E-state index in [1.807, 2.05) is 49.4 Å². The minimum Gasteiger partial charge on any atom is -0.497 e. The summed E-state index contributed by atoms with van der Waals surface area (Å²) < 4.78 is 10.6. The van der Waals surface area contributed by atoms with Gasteiger partial charge in [-0.3, -0.25) is 14.4 Å². The Labute approximate surface area is 223 Å². The first-order valence-corrected chi connectivity index (χ1v) is 13.2. The molecule has 1 fully saturated rings. The summed E-state index contributed by atoms with van der Waals surface area (Å²) in [7, 11) is 1.57. The number of ether oxygens (including phenoxy) is 2. The number of benzene rings is 2. The van der Waals surface area contributed by atoms with E-state index < -0.39 is 35.8 Å². The van der Waals surface area contributed by atoms with Crippen LogP contribution in [0.4, 0.5) is 5.69 Å². The van der Waals surface area contributed by atoms with Crippen LogP contribution in [0.3, 0.4) is 0 Å². The van der Waals surface area contributed by atoms with Gasteiger partial charge in [0.25, 0.3) is 0 Å². The fourth-order valence-electron chi connectivity index (χ4n) is 5.82. The van der Waals surface area contributed by atoms with Gasteiger partial charge in [0, 0.05) is 11.6 Å². The van der Waals surface area contributed by atoms with Crippen molar-refractivity contribution in [2.45, 2.75) is 38.8 Å². The van der Waals surface area contributed by atoms with Crippen LogP contribution in [0.1, 0.15) is 25.8 Å². The molecule has 8 heteroatoms. The number of hydrogen-bond acceptors (Lipinski definition) is 6. The van der Waals surface area contributed by atoms with E-state index in [0.717, 1.165) is 5.56 Å². The van der Waals surface area contributed by atoms with Crippen molar-refractivity contribution in [3.8, 4) is 5.75 Å². The molecule has 1 aliphatic heterocycles. The first-order valence-electron chi connectivity index (χ1n) is 13.2. The molecule has 1 saturated heterocycles. The smallest absolute Gasteiger partial charge is 0.310 e. The molecular formula is C30H36N2O6. The summed E-state index contributed by atoms with van der Waals surface area (Å²) >= 11 is 0. The molecule has 0 bridgehead atoms. The average molecular weight is 521 g/mol. The minimum atomic E-state index is -0.901. The van der Waals surface area contributed by atoms with Gasteiger partial charge in [0.15, 0.2) is 0 Å². The van der Waals surface area contributed by atoms with Crippen LogP contribution in [0.5, 0.6) is 5.75 Å². The van der Waals surface area contributed by atoms with Crippen LogP contribution in [-0.4, -0.2) is 60.2 Å². The van der Waals surface area contributed by atoms with E-state index in [-0.39, 0.29) is 30.9 Å². The van der Waals surface area contributed by atoms with Gasteiger partial charge >= 0.3 is 5.97 Å². The van der Waals surface area contributed by atoms with Crippen LogP contribution in [0, 0.1) is 23.7 Å². The van der Waals surface area contributed by atoms with Crippen LogP contribution < -0.4 is 10.1 Å². The summed E-state index contributed by atoms with van der Waals surface area (Å²) in [5.74, 6) is -2.60. The number of likely N-dealkylation sites (tertiary alicyclic amines) is 1. The number of allylic oxidation sites excluding steroid dienone is 1. The molecule has 2 aliphatic rings. The number of amides is 2. The standard InChI is InChI=1S/C30H36N2O6/c1-4-20-11-16-24-26(25(20)30(36)38-5-2)29(35)32(22(18-33)17-19-9-7-6-8-10-19)27(24)28(34)31-21-12-14-23(37-3)15-13-21/h6-16,20,22,24-27,33H,4-5,17-18H2,1-3H3,(H,31,34)/t20-,22-,24+,25-,26+,27+/m1/s1. The number of nitrogens with zero attached hydrogens (tertiary/aromatic N) is 1. The fraction of sp³-hybridized carbons (Fsp3) is 0.433. The number of hydrogen-bond donors (Lipinski definition) is 2. The highest BCUT2D eigenvalue weighted by Gasteiger charge is 2.58. The normalized spacial score (nSPS) is 25.0. The highest BCUT2D eigenvalue weighted by Crippen LogP contribution is 2.46. The molecule has 4 rings (SSSR count). The number of esters is 1. The van der Waals surface area contributed by atoms with Crippen molar-refractivity contribution < 1.29 is 29.0 Å². The molecule has 0 unspecified atom stereocenters. The van der Waals surface area contributed by atoms with Crippen molar-refractivity contribution in [2.75, 3.05) is 25.6 Å². The third-order valence-electron chi connectivity index (χ3n) is 7.62. The molecular weight excluding hydrogens is 484 g/mol. The van der Waals surface area contributed by atoms with Gasteiger partial charge in [0.05, 0.1) is 38.2 Å². The second-order valence-corrected chi connectivity index (χ2v) is 9.77. The molecule has 2 amide bonds. The Balaban J connectivity index is 1.73. The van der Waals surface area contributed by atoms with E-state index in [4.69, 9.17) is 9.47 Å². The zero-order chi connectivity index (χ0) is 27.2. The summed E-state index contributed by atoms with van der Waals surface area (Å²) in [6.45, 7) is 3.60. The number of carbonyl (C=O) groups is 3. The van der Waals surface area contributed by atoms with Gasteiger partial charge in [-0.15, -0.1) is 0 Å². The second-order valence-electron chi connectivity index (χ2n) is 9.77. The largest absolute Gasteiger partial charge is 0.497 e. The zero-order valence-corrected chi connectivity index (χ0v) is 22.1. The van der Waals surface area contributed by atoms with Gasteiger partial charge < -0.3 is 24.8 Å². The Bertz CT molecular complexity index is 1150. The Morgan fingerprint density at radius 3 is 2.37 bits per heavy atom. The zero-order valence-electron chi connectivity index (χ0n) is 22.1. The highest BCUT2D eigenvalue weighted by molar-refractivity contribution is 6.01. The van der Waals surface area contributed by atoms with Crippen molar-refractivity contribution in [3.05, 3.63) is 72.3 Å². The Morgan fingerprint density at radius 2 is 1.76 bits per heavy atom. The Morgan fingerprint density at radius 1 is 1.05 bits per heavy atom. The van der Waals surface area contributed by atoms with Crippen molar-refractivity contribution in [1.82, 2.24) is 4.90 Å². The predicted molar refractivity (Wildman–Crippen MR) is 143 cm³/mol. The number of rotatable bonds is 10. The molecule has 6 atom stereocenters. The van der Waals surface area contributed by atoms with Gasteiger partial charge in [0.2, 0.25) is 11.8 Å². The van der Waals surface area contributed by atoms with E-state index in [9.17, 15) is 19.5 Å². The lowest BCUT2D eigenvalue weighted by Gasteiger charge is -2.34. The lowest BCUT2D eigenvalue weighted by atomic mass is 9.69. The number of fused-ring (bicyclic) bond motifs is 1. The van der Waals surface area contributed by atoms with Crippen molar-refractivity contribution >= 4 is 23.5 Å². The summed E-state index contributed by atoms with van der Waals surface area (Å²) in [6, 6.07) is 15.0. The summed E-state index contributed by atoms with van der Waals surface area (Å²) in [6.07, 6.45) is 4.88. The highest BCUT2D eigenvalue weighted by atomic mass is 16.5. The first-order chi connectivity index (χ1) is 18.4. The van der Waals surface area contributed by atoms with Crippen molar-refractivity contribution in [1.29, 1.82) is 0 Å². The molecule has 1 heterocycles. The van der Waals surface area contributed by atoms with Gasteiger partial charge in [-0.2, -0.15) is 0 Å². The van der Waals surface area contributed by atoms with E-state index in [1.165, 1.54) is 4.90 Å². The average Bonchev–Trinajstić information content (AvgIpc) is 3.24. The molecule has 2 N–H and O–H groups in total.